The molecule has 1 aliphatic rings. The molecule has 0 saturated carbocycles. The predicted octanol–water partition coefficient (Wildman–Crippen LogP) is 2.21. The predicted molar refractivity (Wildman–Crippen MR) is 83.7 cm³/mol. The first-order valence-corrected chi connectivity index (χ1v) is 7.72. The van der Waals surface area contributed by atoms with Gasteiger partial charge in [0.2, 0.25) is 0 Å². The molecule has 2 rings (SSSR count). The van der Waals surface area contributed by atoms with Crippen molar-refractivity contribution >= 4 is 0 Å². The van der Waals surface area contributed by atoms with Gasteiger partial charge in [0, 0.05) is 12.6 Å². The minimum atomic E-state index is -0.362. The zero-order valence-corrected chi connectivity index (χ0v) is 13.0. The highest BCUT2D eigenvalue weighted by Crippen LogP contribution is 2.29. The van der Waals surface area contributed by atoms with E-state index in [0.29, 0.717) is 12.0 Å². The van der Waals surface area contributed by atoms with E-state index in [0.717, 1.165) is 13.1 Å². The highest BCUT2D eigenvalue weighted by molar-refractivity contribution is 5.25. The SMILES string of the molecule is CNC(CO)(CN1CCCC1C(C)C)c1ccccc1. The number of aliphatic hydroxyl groups excluding tert-OH is 1. The molecule has 3 nitrogen and oxygen atoms in total. The lowest BCUT2D eigenvalue weighted by Crippen LogP contribution is -2.53. The standard InChI is InChI=1S/C17H28N2O/c1-14(2)16-10-7-11-19(16)12-17(13-20,18-3)15-8-5-4-6-9-15/h4-6,8-9,14,16,18,20H,7,10-13H2,1-3H3. The summed E-state index contributed by atoms with van der Waals surface area (Å²) in [5.41, 5.74) is 0.804. The molecule has 0 aromatic heterocycles. The van der Waals surface area contributed by atoms with Crippen LogP contribution < -0.4 is 5.32 Å². The molecular weight excluding hydrogens is 248 g/mol. The van der Waals surface area contributed by atoms with Crippen LogP contribution in [-0.4, -0.2) is 42.8 Å². The van der Waals surface area contributed by atoms with Crippen LogP contribution in [0.3, 0.4) is 0 Å². The highest BCUT2D eigenvalue weighted by atomic mass is 16.3. The first kappa shape index (κ1) is 15.5. The average molecular weight is 276 g/mol. The zero-order valence-electron chi connectivity index (χ0n) is 13.0. The summed E-state index contributed by atoms with van der Waals surface area (Å²) in [5, 5.41) is 13.4. The van der Waals surface area contributed by atoms with Gasteiger partial charge < -0.3 is 10.4 Å². The molecule has 0 spiro atoms. The molecule has 20 heavy (non-hydrogen) atoms. The van der Waals surface area contributed by atoms with Crippen molar-refractivity contribution in [3.8, 4) is 0 Å². The maximum absolute atomic E-state index is 10.0. The summed E-state index contributed by atoms with van der Waals surface area (Å²) in [4.78, 5) is 2.55. The fourth-order valence-corrected chi connectivity index (χ4v) is 3.44. The van der Waals surface area contributed by atoms with Crippen LogP contribution in [-0.2, 0) is 5.54 Å². The summed E-state index contributed by atoms with van der Waals surface area (Å²) < 4.78 is 0. The Hall–Kier alpha value is -0.900. The Morgan fingerprint density at radius 3 is 2.60 bits per heavy atom. The number of likely N-dealkylation sites (N-methyl/N-ethyl adjacent to an activating group) is 1. The van der Waals surface area contributed by atoms with Crippen LogP contribution in [0, 0.1) is 5.92 Å². The summed E-state index contributed by atoms with van der Waals surface area (Å²) in [6.45, 7) is 6.72. The van der Waals surface area contributed by atoms with E-state index >= 15 is 0 Å². The molecule has 2 N–H and O–H groups in total. The van der Waals surface area contributed by atoms with Gasteiger partial charge in [-0.05, 0) is 37.9 Å². The van der Waals surface area contributed by atoms with Gasteiger partial charge in [-0.2, -0.15) is 0 Å². The van der Waals surface area contributed by atoms with E-state index in [2.05, 4.69) is 36.2 Å². The van der Waals surface area contributed by atoms with Crippen molar-refractivity contribution < 1.29 is 5.11 Å². The fraction of sp³-hybridized carbons (Fsp3) is 0.647. The smallest absolute Gasteiger partial charge is 0.0795 e. The Morgan fingerprint density at radius 1 is 1.35 bits per heavy atom. The van der Waals surface area contributed by atoms with Gasteiger partial charge in [0.05, 0.1) is 12.1 Å². The van der Waals surface area contributed by atoms with E-state index in [-0.39, 0.29) is 12.1 Å². The lowest BCUT2D eigenvalue weighted by molar-refractivity contribution is 0.0942. The van der Waals surface area contributed by atoms with Gasteiger partial charge in [0.25, 0.3) is 0 Å². The Bertz CT molecular complexity index is 401. The molecule has 1 fully saturated rings. The number of benzene rings is 1. The first-order valence-electron chi connectivity index (χ1n) is 7.72. The van der Waals surface area contributed by atoms with Gasteiger partial charge in [0.1, 0.15) is 0 Å². The minimum Gasteiger partial charge on any atom is -0.394 e. The molecule has 2 atom stereocenters. The van der Waals surface area contributed by atoms with E-state index in [4.69, 9.17) is 0 Å². The van der Waals surface area contributed by atoms with E-state index in [1.807, 2.05) is 25.2 Å². The van der Waals surface area contributed by atoms with Crippen molar-refractivity contribution in [2.75, 3.05) is 26.7 Å². The molecule has 1 aliphatic heterocycles. The Balaban J connectivity index is 2.21. The molecular formula is C17H28N2O. The van der Waals surface area contributed by atoms with Crippen molar-refractivity contribution in [1.82, 2.24) is 10.2 Å². The first-order chi connectivity index (χ1) is 9.63. The maximum Gasteiger partial charge on any atom is 0.0795 e. The Morgan fingerprint density at radius 2 is 2.05 bits per heavy atom. The van der Waals surface area contributed by atoms with Crippen LogP contribution in [0.15, 0.2) is 30.3 Å². The molecule has 1 heterocycles. The van der Waals surface area contributed by atoms with Crippen molar-refractivity contribution in [2.24, 2.45) is 5.92 Å². The van der Waals surface area contributed by atoms with Gasteiger partial charge in [-0.1, -0.05) is 44.2 Å². The average Bonchev–Trinajstić information content (AvgIpc) is 2.94. The van der Waals surface area contributed by atoms with Crippen molar-refractivity contribution in [2.45, 2.75) is 38.3 Å². The highest BCUT2D eigenvalue weighted by Gasteiger charge is 2.36. The second kappa shape index (κ2) is 6.70. The monoisotopic (exact) mass is 276 g/mol. The third-order valence-electron chi connectivity index (χ3n) is 4.73. The minimum absolute atomic E-state index is 0.120. The number of likely N-dealkylation sites (tertiary alicyclic amines) is 1. The van der Waals surface area contributed by atoms with Gasteiger partial charge in [0.15, 0.2) is 0 Å². The number of nitrogens with zero attached hydrogens (tertiary/aromatic N) is 1. The molecule has 0 aliphatic carbocycles. The molecule has 0 radical (unpaired) electrons. The number of hydrogen-bond donors (Lipinski definition) is 2. The van der Waals surface area contributed by atoms with Crippen LogP contribution in [0.1, 0.15) is 32.3 Å². The third-order valence-corrected chi connectivity index (χ3v) is 4.73. The number of hydrogen-bond acceptors (Lipinski definition) is 3. The lowest BCUT2D eigenvalue weighted by Gasteiger charge is -2.39. The van der Waals surface area contributed by atoms with E-state index in [1.165, 1.54) is 18.4 Å². The van der Waals surface area contributed by atoms with Gasteiger partial charge in [-0.15, -0.1) is 0 Å². The van der Waals surface area contributed by atoms with E-state index in [1.54, 1.807) is 0 Å². The second-order valence-electron chi connectivity index (χ2n) is 6.28. The molecule has 112 valence electrons. The normalized spacial score (nSPS) is 23.1. The summed E-state index contributed by atoms with van der Waals surface area (Å²) in [7, 11) is 1.95. The van der Waals surface area contributed by atoms with Crippen LogP contribution in [0.2, 0.25) is 0 Å². The van der Waals surface area contributed by atoms with Gasteiger partial charge in [-0.25, -0.2) is 0 Å². The quantitative estimate of drug-likeness (QED) is 0.836. The molecule has 3 heteroatoms. The summed E-state index contributed by atoms with van der Waals surface area (Å²) >= 11 is 0. The van der Waals surface area contributed by atoms with Crippen LogP contribution in [0.5, 0.6) is 0 Å². The third kappa shape index (κ3) is 3.05. The summed E-state index contributed by atoms with van der Waals surface area (Å²) in [6.07, 6.45) is 2.54. The molecule has 1 aromatic carbocycles. The van der Waals surface area contributed by atoms with Crippen LogP contribution >= 0.6 is 0 Å². The molecule has 0 amide bonds. The maximum atomic E-state index is 10.0. The molecule has 1 saturated heterocycles. The van der Waals surface area contributed by atoms with Crippen LogP contribution in [0.25, 0.3) is 0 Å². The summed E-state index contributed by atoms with van der Waals surface area (Å²) in [5.74, 6) is 0.668. The Labute approximate surface area is 123 Å². The van der Waals surface area contributed by atoms with E-state index in [9.17, 15) is 5.11 Å². The number of nitrogens with one attached hydrogen (secondary N) is 1. The van der Waals surface area contributed by atoms with Gasteiger partial charge in [-0.3, -0.25) is 4.90 Å². The molecule has 2 unspecified atom stereocenters. The fourth-order valence-electron chi connectivity index (χ4n) is 3.44. The Kier molecular flexibility index (Phi) is 5.19. The van der Waals surface area contributed by atoms with Crippen molar-refractivity contribution in [3.05, 3.63) is 35.9 Å². The largest absolute Gasteiger partial charge is 0.394 e. The topological polar surface area (TPSA) is 35.5 Å². The van der Waals surface area contributed by atoms with Crippen molar-refractivity contribution in [3.63, 3.8) is 0 Å². The van der Waals surface area contributed by atoms with Crippen molar-refractivity contribution in [1.29, 1.82) is 0 Å². The van der Waals surface area contributed by atoms with Gasteiger partial charge >= 0.3 is 0 Å². The molecule has 1 aromatic rings. The van der Waals surface area contributed by atoms with E-state index < -0.39 is 0 Å². The summed E-state index contributed by atoms with van der Waals surface area (Å²) in [6, 6.07) is 11.0. The van der Waals surface area contributed by atoms with Crippen LogP contribution in [0.4, 0.5) is 0 Å². The zero-order chi connectivity index (χ0) is 14.6. The lowest BCUT2D eigenvalue weighted by atomic mass is 9.89. The second-order valence-corrected chi connectivity index (χ2v) is 6.28. The number of rotatable bonds is 6. The number of aliphatic hydroxyl groups is 1. The molecule has 0 bridgehead atoms.